The van der Waals surface area contributed by atoms with E-state index in [0.717, 1.165) is 24.3 Å². The van der Waals surface area contributed by atoms with Crippen LogP contribution in [0.3, 0.4) is 0 Å². The highest BCUT2D eigenvalue weighted by molar-refractivity contribution is 7.91. The molecule has 2 heterocycles. The van der Waals surface area contributed by atoms with Crippen molar-refractivity contribution in [2.75, 3.05) is 19.0 Å². The molecule has 0 radical (unpaired) electrons. The standard InChI is InChI=1S/C11H17ClN2O2S2/c1-9-13-7-11(17-9)18(15,16)14-6-2-3-10(8-14)4-5-12/h7,10H,2-6,8H2,1H3. The molecule has 1 aliphatic heterocycles. The molecule has 1 aliphatic rings. The second kappa shape index (κ2) is 5.86. The Bertz CT molecular complexity index is 499. The molecule has 0 aliphatic carbocycles. The van der Waals surface area contributed by atoms with E-state index in [-0.39, 0.29) is 0 Å². The minimum atomic E-state index is -3.35. The number of nitrogens with zero attached hydrogens (tertiary/aromatic N) is 2. The number of halogens is 1. The van der Waals surface area contributed by atoms with Gasteiger partial charge in [0.1, 0.15) is 0 Å². The van der Waals surface area contributed by atoms with Crippen molar-refractivity contribution in [3.8, 4) is 0 Å². The molecule has 0 N–H and O–H groups in total. The number of hydrogen-bond donors (Lipinski definition) is 0. The van der Waals surface area contributed by atoms with Gasteiger partial charge in [0.25, 0.3) is 10.0 Å². The predicted molar refractivity (Wildman–Crippen MR) is 73.7 cm³/mol. The van der Waals surface area contributed by atoms with E-state index in [9.17, 15) is 8.42 Å². The molecule has 1 aromatic rings. The molecular formula is C11H17ClN2O2S2. The number of aromatic nitrogens is 1. The molecule has 1 unspecified atom stereocenters. The maximum atomic E-state index is 12.4. The summed E-state index contributed by atoms with van der Waals surface area (Å²) in [6, 6.07) is 0. The summed E-state index contributed by atoms with van der Waals surface area (Å²) >= 11 is 6.98. The highest BCUT2D eigenvalue weighted by Crippen LogP contribution is 2.28. The largest absolute Gasteiger partial charge is 0.254 e. The summed E-state index contributed by atoms with van der Waals surface area (Å²) in [5, 5.41) is 0.780. The number of rotatable bonds is 4. The molecule has 0 aromatic carbocycles. The molecule has 1 aromatic heterocycles. The van der Waals surface area contributed by atoms with Gasteiger partial charge in [0, 0.05) is 19.0 Å². The maximum absolute atomic E-state index is 12.4. The molecular weight excluding hydrogens is 292 g/mol. The summed E-state index contributed by atoms with van der Waals surface area (Å²) in [6.07, 6.45) is 4.33. The van der Waals surface area contributed by atoms with Gasteiger partial charge in [0.15, 0.2) is 4.21 Å². The van der Waals surface area contributed by atoms with Crippen LogP contribution in [0, 0.1) is 12.8 Å². The second-order valence-corrected chi connectivity index (χ2v) is 8.32. The van der Waals surface area contributed by atoms with Crippen LogP contribution in [0.4, 0.5) is 0 Å². The molecule has 0 amide bonds. The van der Waals surface area contributed by atoms with Gasteiger partial charge in [0.2, 0.25) is 0 Å². The average Bonchev–Trinajstić information content (AvgIpc) is 2.77. The van der Waals surface area contributed by atoms with E-state index in [1.54, 1.807) is 4.31 Å². The van der Waals surface area contributed by atoms with Crippen molar-refractivity contribution in [2.45, 2.75) is 30.4 Å². The summed E-state index contributed by atoms with van der Waals surface area (Å²) in [7, 11) is -3.35. The quantitative estimate of drug-likeness (QED) is 0.803. The normalized spacial score (nSPS) is 22.2. The van der Waals surface area contributed by atoms with Gasteiger partial charge >= 0.3 is 0 Å². The molecule has 7 heteroatoms. The van der Waals surface area contributed by atoms with E-state index in [0.29, 0.717) is 29.1 Å². The van der Waals surface area contributed by atoms with Crippen LogP contribution < -0.4 is 0 Å². The van der Waals surface area contributed by atoms with Gasteiger partial charge in [-0.3, -0.25) is 0 Å². The van der Waals surface area contributed by atoms with Crippen molar-refractivity contribution in [3.05, 3.63) is 11.2 Å². The lowest BCUT2D eigenvalue weighted by Gasteiger charge is -2.31. The van der Waals surface area contributed by atoms with Crippen LogP contribution in [-0.4, -0.2) is 36.7 Å². The zero-order valence-corrected chi connectivity index (χ0v) is 12.7. The summed E-state index contributed by atoms with van der Waals surface area (Å²) in [6.45, 7) is 3.01. The van der Waals surface area contributed by atoms with Gasteiger partial charge in [-0.2, -0.15) is 4.31 Å². The Kier molecular flexibility index (Phi) is 4.64. The van der Waals surface area contributed by atoms with E-state index in [1.807, 2.05) is 6.92 Å². The molecule has 102 valence electrons. The third kappa shape index (κ3) is 3.04. The Morgan fingerprint density at radius 2 is 2.39 bits per heavy atom. The molecule has 1 atom stereocenters. The van der Waals surface area contributed by atoms with Crippen LogP contribution in [0.25, 0.3) is 0 Å². The molecule has 0 spiro atoms. The van der Waals surface area contributed by atoms with Gasteiger partial charge in [-0.25, -0.2) is 13.4 Å². The third-order valence-corrected chi connectivity index (χ3v) is 6.63. The Balaban J connectivity index is 2.15. The van der Waals surface area contributed by atoms with Crippen molar-refractivity contribution in [2.24, 2.45) is 5.92 Å². The van der Waals surface area contributed by atoms with Crippen molar-refractivity contribution in [1.29, 1.82) is 0 Å². The molecule has 0 bridgehead atoms. The van der Waals surface area contributed by atoms with Crippen LogP contribution >= 0.6 is 22.9 Å². The number of sulfonamides is 1. The van der Waals surface area contributed by atoms with Gasteiger partial charge < -0.3 is 0 Å². The zero-order valence-electron chi connectivity index (χ0n) is 10.3. The highest BCUT2D eigenvalue weighted by atomic mass is 35.5. The van der Waals surface area contributed by atoms with Gasteiger partial charge in [-0.1, -0.05) is 0 Å². The van der Waals surface area contributed by atoms with Crippen molar-refractivity contribution < 1.29 is 8.42 Å². The van der Waals surface area contributed by atoms with Crippen LogP contribution in [0.15, 0.2) is 10.4 Å². The molecule has 18 heavy (non-hydrogen) atoms. The van der Waals surface area contributed by atoms with Crippen molar-refractivity contribution in [3.63, 3.8) is 0 Å². The first-order valence-corrected chi connectivity index (χ1v) is 8.81. The molecule has 4 nitrogen and oxygen atoms in total. The monoisotopic (exact) mass is 308 g/mol. The van der Waals surface area contributed by atoms with Crippen LogP contribution in [0.2, 0.25) is 0 Å². The van der Waals surface area contributed by atoms with Gasteiger partial charge in [-0.15, -0.1) is 22.9 Å². The van der Waals surface area contributed by atoms with E-state index < -0.39 is 10.0 Å². The Morgan fingerprint density at radius 3 is 3.00 bits per heavy atom. The minimum Gasteiger partial charge on any atom is -0.249 e. The summed E-state index contributed by atoms with van der Waals surface area (Å²) < 4.78 is 26.8. The number of hydrogen-bond acceptors (Lipinski definition) is 4. The summed E-state index contributed by atoms with van der Waals surface area (Å²) in [5.74, 6) is 0.984. The smallest absolute Gasteiger partial charge is 0.249 e. The van der Waals surface area contributed by atoms with E-state index in [2.05, 4.69) is 4.98 Å². The molecule has 1 fully saturated rings. The minimum absolute atomic E-state index is 0.353. The van der Waals surface area contributed by atoms with Crippen molar-refractivity contribution in [1.82, 2.24) is 9.29 Å². The lowest BCUT2D eigenvalue weighted by atomic mass is 9.97. The zero-order chi connectivity index (χ0) is 13.2. The molecule has 1 saturated heterocycles. The Labute approximate surface area is 117 Å². The number of alkyl halides is 1. The Morgan fingerprint density at radius 1 is 1.61 bits per heavy atom. The first-order chi connectivity index (χ1) is 8.54. The van der Waals surface area contributed by atoms with E-state index in [4.69, 9.17) is 11.6 Å². The maximum Gasteiger partial charge on any atom is 0.254 e. The number of piperidine rings is 1. The average molecular weight is 309 g/mol. The summed E-state index contributed by atoms with van der Waals surface area (Å²) in [4.78, 5) is 4.02. The van der Waals surface area contributed by atoms with Crippen LogP contribution in [0.5, 0.6) is 0 Å². The first-order valence-electron chi connectivity index (χ1n) is 6.02. The Hall–Kier alpha value is -0.170. The second-order valence-electron chi connectivity index (χ2n) is 4.55. The number of thiazole rings is 1. The summed E-state index contributed by atoms with van der Waals surface area (Å²) in [5.41, 5.74) is 0. The van der Waals surface area contributed by atoms with Crippen LogP contribution in [-0.2, 0) is 10.0 Å². The fourth-order valence-corrected chi connectivity index (χ4v) is 5.35. The molecule has 2 rings (SSSR count). The first kappa shape index (κ1) is 14.2. The van der Waals surface area contributed by atoms with Crippen molar-refractivity contribution >= 4 is 33.0 Å². The third-order valence-electron chi connectivity index (χ3n) is 3.19. The molecule has 0 saturated carbocycles. The topological polar surface area (TPSA) is 50.3 Å². The van der Waals surface area contributed by atoms with Gasteiger partial charge in [-0.05, 0) is 32.1 Å². The van der Waals surface area contributed by atoms with Gasteiger partial charge in [0.05, 0.1) is 11.2 Å². The van der Waals surface area contributed by atoms with E-state index >= 15 is 0 Å². The highest BCUT2D eigenvalue weighted by Gasteiger charge is 2.31. The fourth-order valence-electron chi connectivity index (χ4n) is 2.22. The lowest BCUT2D eigenvalue weighted by Crippen LogP contribution is -2.39. The van der Waals surface area contributed by atoms with E-state index in [1.165, 1.54) is 17.5 Å². The van der Waals surface area contributed by atoms with Crippen LogP contribution in [0.1, 0.15) is 24.3 Å². The SMILES string of the molecule is Cc1ncc(S(=O)(=O)N2CCCC(CCCl)C2)s1. The fraction of sp³-hybridized carbons (Fsp3) is 0.727. The number of aryl methyl sites for hydroxylation is 1. The lowest BCUT2D eigenvalue weighted by molar-refractivity contribution is 0.262. The predicted octanol–water partition coefficient (Wildman–Crippen LogP) is 2.48.